The van der Waals surface area contributed by atoms with Gasteiger partial charge in [0.15, 0.2) is 0 Å². The monoisotopic (exact) mass is 316 g/mol. The molecule has 0 unspecified atom stereocenters. The van der Waals surface area contributed by atoms with Gasteiger partial charge in [-0.2, -0.15) is 4.31 Å². The van der Waals surface area contributed by atoms with E-state index in [0.717, 1.165) is 12.0 Å². The van der Waals surface area contributed by atoms with Crippen molar-refractivity contribution >= 4 is 33.2 Å². The highest BCUT2D eigenvalue weighted by Crippen LogP contribution is 2.20. The predicted molar refractivity (Wildman–Crippen MR) is 79.4 cm³/mol. The molecule has 1 aliphatic rings. The van der Waals surface area contributed by atoms with E-state index in [1.165, 1.54) is 4.31 Å². The summed E-state index contributed by atoms with van der Waals surface area (Å²) in [6.45, 7) is 2.11. The van der Waals surface area contributed by atoms with Gasteiger partial charge in [0.05, 0.1) is 12.3 Å². The van der Waals surface area contributed by atoms with Crippen molar-refractivity contribution < 1.29 is 13.2 Å². The first kappa shape index (κ1) is 15.3. The number of hydrogen-bond donors (Lipinski definition) is 1. The number of rotatable bonds is 3. The molecule has 1 amide bonds. The van der Waals surface area contributed by atoms with E-state index in [4.69, 9.17) is 11.6 Å². The van der Waals surface area contributed by atoms with Crippen molar-refractivity contribution in [1.82, 2.24) is 4.31 Å². The summed E-state index contributed by atoms with van der Waals surface area (Å²) in [5, 5.41) is 3.23. The average Bonchev–Trinajstić information content (AvgIpc) is 2.36. The van der Waals surface area contributed by atoms with Crippen LogP contribution in [-0.4, -0.2) is 37.5 Å². The Morgan fingerprint density at radius 1 is 1.40 bits per heavy atom. The number of halogens is 1. The lowest BCUT2D eigenvalue weighted by Gasteiger charge is -2.25. The lowest BCUT2D eigenvalue weighted by atomic mass is 10.2. The topological polar surface area (TPSA) is 66.5 Å². The van der Waals surface area contributed by atoms with E-state index in [-0.39, 0.29) is 18.2 Å². The van der Waals surface area contributed by atoms with Crippen molar-refractivity contribution in [3.8, 4) is 0 Å². The van der Waals surface area contributed by atoms with Gasteiger partial charge in [-0.25, -0.2) is 8.42 Å². The maximum Gasteiger partial charge on any atom is 0.239 e. The summed E-state index contributed by atoms with van der Waals surface area (Å²) in [6.07, 6.45) is 1.45. The average molecular weight is 317 g/mol. The molecule has 0 aliphatic carbocycles. The van der Waals surface area contributed by atoms with Crippen LogP contribution in [0.5, 0.6) is 0 Å². The summed E-state index contributed by atoms with van der Waals surface area (Å²) in [4.78, 5) is 12.0. The standard InChI is InChI=1S/C13H17ClN2O3S/c1-10-4-5-11(14)8-12(10)15-13(17)9-16-6-2-3-7-20(16,18)19/h4-5,8H,2-3,6-7,9H2,1H3,(H,15,17). The van der Waals surface area contributed by atoms with Crippen molar-refractivity contribution in [2.24, 2.45) is 0 Å². The molecule has 7 heteroatoms. The molecule has 1 aromatic carbocycles. The minimum Gasteiger partial charge on any atom is -0.325 e. The molecule has 20 heavy (non-hydrogen) atoms. The van der Waals surface area contributed by atoms with Crippen LogP contribution in [0.2, 0.25) is 5.02 Å². The Bertz CT molecular complexity index is 616. The molecule has 0 spiro atoms. The van der Waals surface area contributed by atoms with Gasteiger partial charge in [0, 0.05) is 17.3 Å². The second-order valence-electron chi connectivity index (χ2n) is 4.86. The molecule has 110 valence electrons. The van der Waals surface area contributed by atoms with E-state index in [0.29, 0.717) is 23.7 Å². The number of aryl methyl sites for hydroxylation is 1. The molecular formula is C13H17ClN2O3S. The number of nitrogens with zero attached hydrogens (tertiary/aromatic N) is 1. The number of carbonyl (C=O) groups excluding carboxylic acids is 1. The van der Waals surface area contributed by atoms with Crippen molar-refractivity contribution in [3.05, 3.63) is 28.8 Å². The quantitative estimate of drug-likeness (QED) is 0.927. The number of benzene rings is 1. The first-order valence-corrected chi connectivity index (χ1v) is 8.41. The van der Waals surface area contributed by atoms with Crippen LogP contribution in [0.15, 0.2) is 18.2 Å². The van der Waals surface area contributed by atoms with Crippen molar-refractivity contribution in [2.75, 3.05) is 24.2 Å². The van der Waals surface area contributed by atoms with Gasteiger partial charge in [0.2, 0.25) is 15.9 Å². The van der Waals surface area contributed by atoms with Crippen LogP contribution in [-0.2, 0) is 14.8 Å². The Morgan fingerprint density at radius 3 is 2.85 bits per heavy atom. The third-order valence-electron chi connectivity index (χ3n) is 3.25. The maximum absolute atomic E-state index is 12.0. The number of sulfonamides is 1. The Morgan fingerprint density at radius 2 is 2.15 bits per heavy atom. The zero-order valence-corrected chi connectivity index (χ0v) is 12.8. The molecule has 0 radical (unpaired) electrons. The maximum atomic E-state index is 12.0. The fourth-order valence-corrected chi connectivity index (χ4v) is 3.82. The van der Waals surface area contributed by atoms with E-state index in [2.05, 4.69) is 5.32 Å². The molecule has 0 saturated carbocycles. The molecule has 1 fully saturated rings. The minimum absolute atomic E-state index is 0.122. The number of hydrogen-bond acceptors (Lipinski definition) is 3. The Labute approximate surface area is 124 Å². The highest BCUT2D eigenvalue weighted by molar-refractivity contribution is 7.89. The normalized spacial score (nSPS) is 18.7. The third kappa shape index (κ3) is 3.71. The first-order chi connectivity index (χ1) is 9.38. The van der Waals surface area contributed by atoms with Gasteiger partial charge in [0.1, 0.15) is 0 Å². The van der Waals surface area contributed by atoms with E-state index < -0.39 is 10.0 Å². The highest BCUT2D eigenvalue weighted by Gasteiger charge is 2.27. The van der Waals surface area contributed by atoms with Crippen LogP contribution in [0.1, 0.15) is 18.4 Å². The van der Waals surface area contributed by atoms with Crippen molar-refractivity contribution in [3.63, 3.8) is 0 Å². The molecule has 2 rings (SSSR count). The summed E-state index contributed by atoms with van der Waals surface area (Å²) in [7, 11) is -3.28. The van der Waals surface area contributed by atoms with Gasteiger partial charge < -0.3 is 5.32 Å². The van der Waals surface area contributed by atoms with Gasteiger partial charge in [-0.05, 0) is 37.5 Å². The van der Waals surface area contributed by atoms with Crippen molar-refractivity contribution in [2.45, 2.75) is 19.8 Å². The molecule has 1 aliphatic heterocycles. The van der Waals surface area contributed by atoms with Gasteiger partial charge >= 0.3 is 0 Å². The number of nitrogens with one attached hydrogen (secondary N) is 1. The zero-order valence-electron chi connectivity index (χ0n) is 11.2. The largest absolute Gasteiger partial charge is 0.325 e. The van der Waals surface area contributed by atoms with Crippen LogP contribution in [0.3, 0.4) is 0 Å². The van der Waals surface area contributed by atoms with Crippen LogP contribution in [0.4, 0.5) is 5.69 Å². The Balaban J connectivity index is 2.04. The van der Waals surface area contributed by atoms with E-state index in [9.17, 15) is 13.2 Å². The Hall–Kier alpha value is -1.11. The summed E-state index contributed by atoms with van der Waals surface area (Å²) < 4.78 is 24.9. The van der Waals surface area contributed by atoms with Crippen LogP contribution in [0.25, 0.3) is 0 Å². The van der Waals surface area contributed by atoms with Gasteiger partial charge in [-0.3, -0.25) is 4.79 Å². The number of carbonyl (C=O) groups is 1. The number of anilines is 1. The van der Waals surface area contributed by atoms with E-state index >= 15 is 0 Å². The molecule has 1 aromatic rings. The lowest BCUT2D eigenvalue weighted by Crippen LogP contribution is -2.42. The summed E-state index contributed by atoms with van der Waals surface area (Å²) in [5.41, 5.74) is 1.49. The summed E-state index contributed by atoms with van der Waals surface area (Å²) in [5.74, 6) is -0.225. The third-order valence-corrected chi connectivity index (χ3v) is 5.39. The second-order valence-corrected chi connectivity index (χ2v) is 7.39. The summed E-state index contributed by atoms with van der Waals surface area (Å²) in [6, 6.07) is 5.19. The lowest BCUT2D eigenvalue weighted by molar-refractivity contribution is -0.116. The van der Waals surface area contributed by atoms with Crippen LogP contribution >= 0.6 is 11.6 Å². The first-order valence-electron chi connectivity index (χ1n) is 6.42. The molecule has 1 saturated heterocycles. The smallest absolute Gasteiger partial charge is 0.239 e. The van der Waals surface area contributed by atoms with E-state index in [1.54, 1.807) is 18.2 Å². The highest BCUT2D eigenvalue weighted by atomic mass is 35.5. The number of amides is 1. The van der Waals surface area contributed by atoms with Crippen LogP contribution in [0, 0.1) is 6.92 Å². The molecule has 0 atom stereocenters. The van der Waals surface area contributed by atoms with Crippen LogP contribution < -0.4 is 5.32 Å². The molecular weight excluding hydrogens is 300 g/mol. The molecule has 0 bridgehead atoms. The Kier molecular flexibility index (Phi) is 4.67. The molecule has 1 heterocycles. The predicted octanol–water partition coefficient (Wildman–Crippen LogP) is 2.01. The molecule has 0 aromatic heterocycles. The molecule has 1 N–H and O–H groups in total. The SMILES string of the molecule is Cc1ccc(Cl)cc1NC(=O)CN1CCCCS1(=O)=O. The fraction of sp³-hybridized carbons (Fsp3) is 0.462. The van der Waals surface area contributed by atoms with E-state index in [1.807, 2.05) is 6.92 Å². The van der Waals surface area contributed by atoms with Gasteiger partial charge in [0.25, 0.3) is 0 Å². The minimum atomic E-state index is -3.28. The van der Waals surface area contributed by atoms with Gasteiger partial charge in [-0.1, -0.05) is 17.7 Å². The van der Waals surface area contributed by atoms with Gasteiger partial charge in [-0.15, -0.1) is 0 Å². The fourth-order valence-electron chi connectivity index (χ4n) is 2.10. The van der Waals surface area contributed by atoms with Crippen molar-refractivity contribution in [1.29, 1.82) is 0 Å². The summed E-state index contributed by atoms with van der Waals surface area (Å²) >= 11 is 5.88. The second kappa shape index (κ2) is 6.11. The zero-order chi connectivity index (χ0) is 14.8. The molecule has 5 nitrogen and oxygen atoms in total.